The number of sulfonamides is 1. The van der Waals surface area contributed by atoms with Crippen molar-refractivity contribution in [2.75, 3.05) is 13.7 Å². The van der Waals surface area contributed by atoms with Crippen LogP contribution in [0.1, 0.15) is 51.0 Å². The molecule has 1 fully saturated rings. The Bertz CT molecular complexity index is 1020. The van der Waals surface area contributed by atoms with Crippen molar-refractivity contribution in [1.82, 2.24) is 14.8 Å². The SMILES string of the molecule is CCCCOC1CCC([C@H](C(=O)NO)N(Cc2ccncc2)S(=O)(=O)c2ccc(OC)cc2)CC1. The molecule has 0 spiro atoms. The number of hydrogen-bond acceptors (Lipinski definition) is 7. The number of nitrogens with zero attached hydrogens (tertiary/aromatic N) is 2. The zero-order valence-corrected chi connectivity index (χ0v) is 21.1. The molecule has 9 nitrogen and oxygen atoms in total. The summed E-state index contributed by atoms with van der Waals surface area (Å²) in [4.78, 5) is 17.0. The number of nitrogens with one attached hydrogen (secondary N) is 1. The fourth-order valence-electron chi connectivity index (χ4n) is 4.50. The third-order valence-electron chi connectivity index (χ3n) is 6.46. The Morgan fingerprint density at radius 2 is 1.80 bits per heavy atom. The first-order valence-electron chi connectivity index (χ1n) is 12.0. The van der Waals surface area contributed by atoms with Crippen LogP contribution in [0.5, 0.6) is 5.75 Å². The van der Waals surface area contributed by atoms with Crippen LogP contribution >= 0.6 is 0 Å². The molecular weight excluding hydrogens is 470 g/mol. The molecule has 1 aromatic carbocycles. The second kappa shape index (κ2) is 13.0. The Kier molecular flexibility index (Phi) is 10.0. The lowest BCUT2D eigenvalue weighted by molar-refractivity contribution is -0.136. The molecule has 1 heterocycles. The van der Waals surface area contributed by atoms with Gasteiger partial charge in [0, 0.05) is 25.5 Å². The Morgan fingerprint density at radius 1 is 1.14 bits per heavy atom. The number of carbonyl (C=O) groups is 1. The minimum absolute atomic E-state index is 0.0398. The molecule has 0 bridgehead atoms. The monoisotopic (exact) mass is 505 g/mol. The Morgan fingerprint density at radius 3 is 2.37 bits per heavy atom. The van der Waals surface area contributed by atoms with Crippen LogP contribution in [0.4, 0.5) is 0 Å². The van der Waals surface area contributed by atoms with Gasteiger partial charge in [-0.05, 0) is 80.0 Å². The maximum atomic E-state index is 13.9. The molecule has 10 heteroatoms. The van der Waals surface area contributed by atoms with Crippen molar-refractivity contribution in [2.45, 2.75) is 69.0 Å². The van der Waals surface area contributed by atoms with Crippen molar-refractivity contribution in [3.63, 3.8) is 0 Å². The molecule has 3 rings (SSSR count). The van der Waals surface area contributed by atoms with E-state index < -0.39 is 22.0 Å². The number of methoxy groups -OCH3 is 1. The molecule has 1 aliphatic carbocycles. The van der Waals surface area contributed by atoms with Crippen LogP contribution in [0.15, 0.2) is 53.7 Å². The summed E-state index contributed by atoms with van der Waals surface area (Å²) in [5, 5.41) is 9.58. The van der Waals surface area contributed by atoms with Gasteiger partial charge in [-0.1, -0.05) is 13.3 Å². The number of aromatic nitrogens is 1. The lowest BCUT2D eigenvalue weighted by Crippen LogP contribution is -2.53. The smallest absolute Gasteiger partial charge is 0.262 e. The van der Waals surface area contributed by atoms with E-state index in [1.807, 2.05) is 0 Å². The van der Waals surface area contributed by atoms with Crippen LogP contribution < -0.4 is 10.2 Å². The van der Waals surface area contributed by atoms with Gasteiger partial charge in [0.05, 0.1) is 18.1 Å². The number of ether oxygens (including phenoxy) is 2. The first-order chi connectivity index (χ1) is 16.9. The molecule has 1 saturated carbocycles. The van der Waals surface area contributed by atoms with Crippen molar-refractivity contribution in [2.24, 2.45) is 5.92 Å². The van der Waals surface area contributed by atoms with E-state index >= 15 is 0 Å². The number of unbranched alkanes of at least 4 members (excludes halogenated alkanes) is 1. The summed E-state index contributed by atoms with van der Waals surface area (Å²) in [6.07, 6.45) is 7.99. The zero-order chi connectivity index (χ0) is 25.3. The molecule has 0 radical (unpaired) electrons. The summed E-state index contributed by atoms with van der Waals surface area (Å²) in [5.41, 5.74) is 2.40. The average molecular weight is 506 g/mol. The fourth-order valence-corrected chi connectivity index (χ4v) is 6.13. The van der Waals surface area contributed by atoms with Gasteiger partial charge in [0.25, 0.3) is 5.91 Å². The predicted molar refractivity (Wildman–Crippen MR) is 130 cm³/mol. The average Bonchev–Trinajstić information content (AvgIpc) is 2.89. The van der Waals surface area contributed by atoms with E-state index in [-0.39, 0.29) is 23.5 Å². The molecule has 1 atom stereocenters. The van der Waals surface area contributed by atoms with E-state index in [4.69, 9.17) is 9.47 Å². The van der Waals surface area contributed by atoms with E-state index in [1.54, 1.807) is 42.1 Å². The van der Waals surface area contributed by atoms with E-state index in [9.17, 15) is 18.4 Å². The zero-order valence-electron chi connectivity index (χ0n) is 20.3. The van der Waals surface area contributed by atoms with Crippen molar-refractivity contribution >= 4 is 15.9 Å². The van der Waals surface area contributed by atoms with E-state index in [1.165, 1.54) is 23.5 Å². The number of amides is 1. The quantitative estimate of drug-likeness (QED) is 0.257. The van der Waals surface area contributed by atoms with Gasteiger partial charge in [-0.25, -0.2) is 13.9 Å². The van der Waals surface area contributed by atoms with E-state index in [0.29, 0.717) is 30.8 Å². The summed E-state index contributed by atoms with van der Waals surface area (Å²) < 4.78 is 40.0. The second-order valence-corrected chi connectivity index (χ2v) is 10.7. The van der Waals surface area contributed by atoms with Gasteiger partial charge in [0.15, 0.2) is 0 Å². The Balaban J connectivity index is 1.92. The van der Waals surface area contributed by atoms with Gasteiger partial charge in [-0.3, -0.25) is 15.0 Å². The number of carbonyl (C=O) groups excluding carboxylic acids is 1. The first-order valence-corrected chi connectivity index (χ1v) is 13.4. The Hall–Kier alpha value is -2.53. The number of hydroxylamine groups is 1. The van der Waals surface area contributed by atoms with E-state index in [0.717, 1.165) is 25.7 Å². The third-order valence-corrected chi connectivity index (χ3v) is 8.30. The van der Waals surface area contributed by atoms with Crippen LogP contribution in [0.25, 0.3) is 0 Å². The number of rotatable bonds is 12. The lowest BCUT2D eigenvalue weighted by Gasteiger charge is -2.38. The van der Waals surface area contributed by atoms with Crippen molar-refractivity contribution < 1.29 is 27.9 Å². The molecule has 35 heavy (non-hydrogen) atoms. The minimum Gasteiger partial charge on any atom is -0.497 e. The van der Waals surface area contributed by atoms with Crippen molar-refractivity contribution in [3.8, 4) is 5.75 Å². The first kappa shape index (κ1) is 27.1. The highest BCUT2D eigenvalue weighted by atomic mass is 32.2. The minimum atomic E-state index is -4.10. The molecule has 1 aliphatic rings. The molecule has 2 aromatic rings. The predicted octanol–water partition coefficient (Wildman–Crippen LogP) is 3.53. The Labute approximate surface area is 207 Å². The molecule has 0 aliphatic heterocycles. The third kappa shape index (κ3) is 7.00. The van der Waals surface area contributed by atoms with Gasteiger partial charge >= 0.3 is 0 Å². The molecule has 192 valence electrons. The summed E-state index contributed by atoms with van der Waals surface area (Å²) in [6, 6.07) is 8.39. The van der Waals surface area contributed by atoms with E-state index in [2.05, 4.69) is 11.9 Å². The maximum Gasteiger partial charge on any atom is 0.262 e. The van der Waals surface area contributed by atoms with Gasteiger partial charge in [-0.2, -0.15) is 4.31 Å². The number of hydrogen-bond donors (Lipinski definition) is 2. The second-order valence-electron chi connectivity index (χ2n) is 8.76. The molecule has 0 saturated heterocycles. The van der Waals surface area contributed by atoms with Gasteiger partial charge in [0.2, 0.25) is 10.0 Å². The van der Waals surface area contributed by atoms with Gasteiger partial charge in [-0.15, -0.1) is 0 Å². The molecular formula is C25H35N3O6S. The van der Waals surface area contributed by atoms with Crippen molar-refractivity contribution in [3.05, 3.63) is 54.4 Å². The number of benzene rings is 1. The van der Waals surface area contributed by atoms with Crippen LogP contribution in [0, 0.1) is 5.92 Å². The largest absolute Gasteiger partial charge is 0.497 e. The summed E-state index contributed by atoms with van der Waals surface area (Å²) in [7, 11) is -2.60. The molecule has 0 unspecified atom stereocenters. The highest BCUT2D eigenvalue weighted by Crippen LogP contribution is 2.34. The van der Waals surface area contributed by atoms with Crippen LogP contribution in [0.3, 0.4) is 0 Å². The van der Waals surface area contributed by atoms with Gasteiger partial charge < -0.3 is 9.47 Å². The summed E-state index contributed by atoms with van der Waals surface area (Å²) >= 11 is 0. The molecule has 2 N–H and O–H groups in total. The van der Waals surface area contributed by atoms with Crippen LogP contribution in [0.2, 0.25) is 0 Å². The van der Waals surface area contributed by atoms with Gasteiger partial charge in [0.1, 0.15) is 11.8 Å². The highest BCUT2D eigenvalue weighted by molar-refractivity contribution is 7.89. The lowest BCUT2D eigenvalue weighted by atomic mass is 9.82. The van der Waals surface area contributed by atoms with Crippen LogP contribution in [-0.4, -0.2) is 54.7 Å². The summed E-state index contributed by atoms with van der Waals surface area (Å²) in [6.45, 7) is 2.77. The molecule has 1 amide bonds. The molecule has 1 aromatic heterocycles. The standard InChI is InChI=1S/C25H35N3O6S/c1-3-4-17-34-22-7-5-20(6-8-22)24(25(29)27-30)28(18-19-13-15-26-16-14-19)35(31,32)23-11-9-21(33-2)10-12-23/h9-16,20,22,24,30H,3-8,17-18H2,1-2H3,(H,27,29)/t20?,22?,24-/m1/s1. The number of pyridine rings is 1. The van der Waals surface area contributed by atoms with Crippen molar-refractivity contribution in [1.29, 1.82) is 0 Å². The fraction of sp³-hybridized carbons (Fsp3) is 0.520. The summed E-state index contributed by atoms with van der Waals surface area (Å²) in [5.74, 6) is -0.495. The highest BCUT2D eigenvalue weighted by Gasteiger charge is 2.42. The van der Waals surface area contributed by atoms with Crippen LogP contribution in [-0.2, 0) is 26.1 Å². The maximum absolute atomic E-state index is 13.9. The normalized spacial score (nSPS) is 19.3. The topological polar surface area (TPSA) is 118 Å².